The molecule has 3 nitrogen and oxygen atoms in total. The minimum absolute atomic E-state index is 0.237. The van der Waals surface area contributed by atoms with Crippen molar-refractivity contribution in [1.29, 1.82) is 0 Å². The van der Waals surface area contributed by atoms with Gasteiger partial charge in [0.2, 0.25) is 0 Å². The monoisotopic (exact) mass is 210 g/mol. The summed E-state index contributed by atoms with van der Waals surface area (Å²) in [7, 11) is 0. The van der Waals surface area contributed by atoms with E-state index < -0.39 is 5.60 Å². The van der Waals surface area contributed by atoms with Gasteiger partial charge in [0, 0.05) is 11.4 Å². The van der Waals surface area contributed by atoms with Crippen molar-refractivity contribution in [2.75, 3.05) is 12.0 Å². The molecule has 15 heavy (non-hydrogen) atoms. The maximum absolute atomic E-state index is 10.1. The molecule has 0 aliphatic heterocycles. The summed E-state index contributed by atoms with van der Waals surface area (Å²) in [6.45, 7) is 10.6. The molecule has 1 heterocycles. The van der Waals surface area contributed by atoms with Gasteiger partial charge in [-0.1, -0.05) is 13.8 Å². The molecule has 0 aromatic carbocycles. The summed E-state index contributed by atoms with van der Waals surface area (Å²) in [5, 5.41) is 10.1. The molecule has 2 N–H and O–H groups in total. The zero-order valence-corrected chi connectivity index (χ0v) is 10.3. The molecule has 0 aliphatic rings. The van der Waals surface area contributed by atoms with E-state index in [1.165, 1.54) is 0 Å². The van der Waals surface area contributed by atoms with Crippen LogP contribution < -0.4 is 5.43 Å². The zero-order valence-electron chi connectivity index (χ0n) is 10.3. The van der Waals surface area contributed by atoms with Gasteiger partial charge in [-0.05, 0) is 38.8 Å². The molecule has 0 aliphatic carbocycles. The first-order valence-corrected chi connectivity index (χ1v) is 5.46. The Kier molecular flexibility index (Phi) is 3.45. The van der Waals surface area contributed by atoms with Gasteiger partial charge >= 0.3 is 0 Å². The van der Waals surface area contributed by atoms with Gasteiger partial charge in [-0.3, -0.25) is 4.68 Å². The van der Waals surface area contributed by atoms with Crippen LogP contribution in [0.25, 0.3) is 0 Å². The predicted octanol–water partition coefficient (Wildman–Crippen LogP) is 2.06. The minimum atomic E-state index is -0.677. The van der Waals surface area contributed by atoms with Crippen LogP contribution >= 0.6 is 0 Å². The Hall–Kier alpha value is -0.960. The summed E-state index contributed by atoms with van der Waals surface area (Å²) in [6.07, 6.45) is 0. The lowest BCUT2D eigenvalue weighted by molar-refractivity contribution is 0.0242. The van der Waals surface area contributed by atoms with Gasteiger partial charge in [0.1, 0.15) is 0 Å². The third-order valence-electron chi connectivity index (χ3n) is 3.11. The van der Waals surface area contributed by atoms with Crippen molar-refractivity contribution in [3.8, 4) is 0 Å². The Labute approximate surface area is 92.1 Å². The molecule has 1 aromatic heterocycles. The van der Waals surface area contributed by atoms with E-state index in [0.29, 0.717) is 6.54 Å². The van der Waals surface area contributed by atoms with Crippen molar-refractivity contribution in [3.05, 3.63) is 23.5 Å². The molecule has 0 amide bonds. The van der Waals surface area contributed by atoms with Crippen molar-refractivity contribution in [2.24, 2.45) is 5.92 Å². The Morgan fingerprint density at radius 3 is 2.20 bits per heavy atom. The third kappa shape index (κ3) is 2.75. The fourth-order valence-electron chi connectivity index (χ4n) is 1.36. The molecule has 1 aromatic rings. The minimum Gasteiger partial charge on any atom is -0.388 e. The lowest BCUT2D eigenvalue weighted by Crippen LogP contribution is -2.41. The van der Waals surface area contributed by atoms with Gasteiger partial charge < -0.3 is 10.5 Å². The lowest BCUT2D eigenvalue weighted by Gasteiger charge is -2.29. The summed E-state index contributed by atoms with van der Waals surface area (Å²) in [6, 6.07) is 4.12. The van der Waals surface area contributed by atoms with Gasteiger partial charge in [0.15, 0.2) is 0 Å². The summed E-state index contributed by atoms with van der Waals surface area (Å²) in [5.41, 5.74) is 4.89. The first-order valence-electron chi connectivity index (χ1n) is 5.46. The van der Waals surface area contributed by atoms with Gasteiger partial charge in [0.05, 0.1) is 12.1 Å². The summed E-state index contributed by atoms with van der Waals surface area (Å²) in [5.74, 6) is 0.237. The molecule has 0 fully saturated rings. The molecule has 0 bridgehead atoms. The van der Waals surface area contributed by atoms with Crippen molar-refractivity contribution < 1.29 is 5.11 Å². The van der Waals surface area contributed by atoms with Crippen LogP contribution in [-0.2, 0) is 0 Å². The van der Waals surface area contributed by atoms with Crippen molar-refractivity contribution in [1.82, 2.24) is 4.68 Å². The largest absolute Gasteiger partial charge is 0.388 e. The van der Waals surface area contributed by atoms with Crippen LogP contribution in [0.5, 0.6) is 0 Å². The average molecular weight is 210 g/mol. The highest BCUT2D eigenvalue weighted by Gasteiger charge is 2.24. The molecule has 3 heteroatoms. The fourth-order valence-corrected chi connectivity index (χ4v) is 1.36. The summed E-state index contributed by atoms with van der Waals surface area (Å²) in [4.78, 5) is 0. The fraction of sp³-hybridized carbons (Fsp3) is 0.667. The Bertz CT molecular complexity index is 307. The summed E-state index contributed by atoms with van der Waals surface area (Å²) >= 11 is 0. The van der Waals surface area contributed by atoms with Crippen LogP contribution in [0.1, 0.15) is 32.2 Å². The Balaban J connectivity index is 2.65. The van der Waals surface area contributed by atoms with E-state index in [1.807, 2.05) is 39.3 Å². The normalized spacial score (nSPS) is 15.4. The lowest BCUT2D eigenvalue weighted by atomic mass is 9.93. The van der Waals surface area contributed by atoms with E-state index in [9.17, 15) is 5.11 Å². The molecule has 1 atom stereocenters. The number of hydrogen-bond donors (Lipinski definition) is 2. The molecule has 0 saturated heterocycles. The number of aryl methyl sites for hydroxylation is 2. The van der Waals surface area contributed by atoms with Crippen molar-refractivity contribution >= 4 is 0 Å². The Morgan fingerprint density at radius 2 is 1.80 bits per heavy atom. The van der Waals surface area contributed by atoms with E-state index in [1.54, 1.807) is 0 Å². The van der Waals surface area contributed by atoms with Gasteiger partial charge in [-0.2, -0.15) is 0 Å². The number of nitrogens with one attached hydrogen (secondary N) is 1. The highest BCUT2D eigenvalue weighted by atomic mass is 16.3. The second-order valence-corrected chi connectivity index (χ2v) is 4.80. The van der Waals surface area contributed by atoms with E-state index in [4.69, 9.17) is 0 Å². The van der Waals surface area contributed by atoms with Crippen LogP contribution in [0, 0.1) is 19.8 Å². The second kappa shape index (κ2) is 4.27. The number of hydrogen-bond acceptors (Lipinski definition) is 2. The van der Waals surface area contributed by atoms with Gasteiger partial charge in [-0.25, -0.2) is 0 Å². The molecule has 1 rings (SSSR count). The first kappa shape index (κ1) is 12.1. The smallest absolute Gasteiger partial charge is 0.0830 e. The topological polar surface area (TPSA) is 37.2 Å². The van der Waals surface area contributed by atoms with Crippen LogP contribution in [-0.4, -0.2) is 21.9 Å². The zero-order chi connectivity index (χ0) is 11.6. The van der Waals surface area contributed by atoms with E-state index >= 15 is 0 Å². The van der Waals surface area contributed by atoms with Crippen LogP contribution in [0.4, 0.5) is 0 Å². The van der Waals surface area contributed by atoms with Crippen LogP contribution in [0.2, 0.25) is 0 Å². The molecule has 86 valence electrons. The van der Waals surface area contributed by atoms with E-state index in [0.717, 1.165) is 11.4 Å². The van der Waals surface area contributed by atoms with E-state index in [2.05, 4.69) is 17.6 Å². The molecule has 1 unspecified atom stereocenters. The molecular weight excluding hydrogens is 188 g/mol. The number of rotatable bonds is 4. The maximum Gasteiger partial charge on any atom is 0.0830 e. The maximum atomic E-state index is 10.1. The highest BCUT2D eigenvalue weighted by molar-refractivity contribution is 5.15. The molecule has 0 spiro atoms. The predicted molar refractivity (Wildman–Crippen MR) is 63.6 cm³/mol. The highest BCUT2D eigenvalue weighted by Crippen LogP contribution is 2.15. The standard InChI is InChI=1S/C12H22N2O/c1-9(2)12(5,15)8-13-14-10(3)6-7-11(14)4/h6-7,9,13,15H,8H2,1-5H3. The number of aromatic nitrogens is 1. The Morgan fingerprint density at radius 1 is 1.33 bits per heavy atom. The number of nitrogens with zero attached hydrogens (tertiary/aromatic N) is 1. The van der Waals surface area contributed by atoms with Crippen LogP contribution in [0.3, 0.4) is 0 Å². The summed E-state index contributed by atoms with van der Waals surface area (Å²) < 4.78 is 2.01. The quantitative estimate of drug-likeness (QED) is 0.798. The van der Waals surface area contributed by atoms with Crippen LogP contribution in [0.15, 0.2) is 12.1 Å². The average Bonchev–Trinajstić information content (AvgIpc) is 2.43. The first-order chi connectivity index (χ1) is 6.84. The molecule has 0 radical (unpaired) electrons. The molecule has 0 saturated carbocycles. The van der Waals surface area contributed by atoms with Crippen molar-refractivity contribution in [2.45, 2.75) is 40.2 Å². The SMILES string of the molecule is Cc1ccc(C)n1NCC(C)(O)C(C)C. The second-order valence-electron chi connectivity index (χ2n) is 4.80. The van der Waals surface area contributed by atoms with Gasteiger partial charge in [0.25, 0.3) is 0 Å². The number of aliphatic hydroxyl groups is 1. The van der Waals surface area contributed by atoms with Crippen molar-refractivity contribution in [3.63, 3.8) is 0 Å². The van der Waals surface area contributed by atoms with E-state index in [-0.39, 0.29) is 5.92 Å². The third-order valence-corrected chi connectivity index (χ3v) is 3.11. The molecular formula is C12H22N2O. The van der Waals surface area contributed by atoms with Gasteiger partial charge in [-0.15, -0.1) is 0 Å².